The predicted molar refractivity (Wildman–Crippen MR) is 154 cm³/mol. The summed E-state index contributed by atoms with van der Waals surface area (Å²) in [4.78, 5) is 43.4. The fourth-order valence-electron chi connectivity index (χ4n) is 6.96. The fourth-order valence-corrected chi connectivity index (χ4v) is 7.49. The molecule has 1 spiro atoms. The number of hydrogen-bond donors (Lipinski definition) is 2. The molecule has 0 radical (unpaired) electrons. The van der Waals surface area contributed by atoms with Gasteiger partial charge in [0.2, 0.25) is 17.7 Å². The Morgan fingerprint density at radius 2 is 1.88 bits per heavy atom. The lowest BCUT2D eigenvalue weighted by atomic mass is 9.73. The first kappa shape index (κ1) is 29.4. The maximum absolute atomic E-state index is 14.1. The van der Waals surface area contributed by atoms with E-state index in [0.29, 0.717) is 47.1 Å². The molecule has 2 saturated heterocycles. The lowest BCUT2D eigenvalue weighted by Gasteiger charge is -2.38. The van der Waals surface area contributed by atoms with Gasteiger partial charge in [-0.15, -0.1) is 0 Å². The third kappa shape index (κ3) is 5.40. The van der Waals surface area contributed by atoms with E-state index in [9.17, 15) is 14.4 Å². The van der Waals surface area contributed by atoms with Crippen LogP contribution in [0, 0.1) is 23.7 Å². The smallest absolute Gasteiger partial charge is 0.246 e. The average molecular weight is 593 g/mol. The molecule has 4 aliphatic rings. The Morgan fingerprint density at radius 1 is 1.15 bits per heavy atom. The highest BCUT2D eigenvalue weighted by Gasteiger charge is 2.72. The fraction of sp³-hybridized carbons (Fsp3) is 0.633. The Bertz CT molecular complexity index is 1170. The number of nitrogens with one attached hydrogen (secondary N) is 2. The van der Waals surface area contributed by atoms with Gasteiger partial charge in [0.05, 0.1) is 24.0 Å². The first-order chi connectivity index (χ1) is 19.0. The van der Waals surface area contributed by atoms with E-state index in [1.165, 1.54) is 0 Å². The molecule has 3 heterocycles. The standard InChI is InChI=1S/C30H39Cl2N3O5/c1-16(2)39-12-6-11-35-26(28(37)34-22-8-5-7-17(3)18(22)4)30-10-9-23(40-30)24(25(30)29(35)38)27(36)33-21-14-19(31)13-20(32)15-21/h9-10,13-18,22-26H,5-8,11-12H2,1-4H3,(H,33,36)(H,34,37)/t17-,18+,22+,23+,24+,25+,26-,30-/m0/s1. The number of benzene rings is 1. The number of likely N-dealkylation sites (tertiary alicyclic amines) is 1. The van der Waals surface area contributed by atoms with Crippen molar-refractivity contribution in [2.24, 2.45) is 23.7 Å². The SMILES string of the molecule is CC(C)OCCCN1C(=O)[C@H]2[C@H](C(=O)Nc3cc(Cl)cc(Cl)c3)[C@H]3C=C[C@@]2(O3)[C@@H]1C(=O)N[C@@H]1CCC[C@H](C)[C@H]1C. The van der Waals surface area contributed by atoms with Gasteiger partial charge in [0.1, 0.15) is 11.6 Å². The Labute approximate surface area is 246 Å². The zero-order chi connectivity index (χ0) is 28.8. The van der Waals surface area contributed by atoms with Crippen molar-refractivity contribution in [1.82, 2.24) is 10.2 Å². The molecule has 8 nitrogen and oxygen atoms in total. The van der Waals surface area contributed by atoms with Gasteiger partial charge in [-0.25, -0.2) is 0 Å². The van der Waals surface area contributed by atoms with Gasteiger partial charge in [-0.3, -0.25) is 14.4 Å². The molecule has 3 aliphatic heterocycles. The first-order valence-electron chi connectivity index (χ1n) is 14.4. The number of rotatable bonds is 9. The molecule has 2 N–H and O–H groups in total. The first-order valence-corrected chi connectivity index (χ1v) is 15.1. The maximum atomic E-state index is 14.1. The van der Waals surface area contributed by atoms with Crippen LogP contribution in [0.3, 0.4) is 0 Å². The van der Waals surface area contributed by atoms with Crippen molar-refractivity contribution in [3.05, 3.63) is 40.4 Å². The van der Waals surface area contributed by atoms with Crippen molar-refractivity contribution in [2.45, 2.75) is 83.3 Å². The number of carbonyl (C=O) groups is 3. The summed E-state index contributed by atoms with van der Waals surface area (Å²) in [6.07, 6.45) is 6.78. The van der Waals surface area contributed by atoms with E-state index in [4.69, 9.17) is 32.7 Å². The second-order valence-corrected chi connectivity index (χ2v) is 12.9. The molecule has 0 unspecified atom stereocenters. The van der Waals surface area contributed by atoms with Crippen molar-refractivity contribution in [3.8, 4) is 0 Å². The Balaban J connectivity index is 1.41. The number of carbonyl (C=O) groups excluding carboxylic acids is 3. The maximum Gasteiger partial charge on any atom is 0.246 e. The molecular weight excluding hydrogens is 553 g/mol. The lowest BCUT2D eigenvalue weighted by Crippen LogP contribution is -2.58. The van der Waals surface area contributed by atoms with Crippen molar-refractivity contribution < 1.29 is 23.9 Å². The van der Waals surface area contributed by atoms with Gasteiger partial charge in [-0.2, -0.15) is 0 Å². The van der Waals surface area contributed by atoms with Crippen molar-refractivity contribution in [1.29, 1.82) is 0 Å². The van der Waals surface area contributed by atoms with E-state index in [-0.39, 0.29) is 29.9 Å². The number of hydrogen-bond acceptors (Lipinski definition) is 5. The summed E-state index contributed by atoms with van der Waals surface area (Å²) in [5, 5.41) is 6.92. The highest BCUT2D eigenvalue weighted by atomic mass is 35.5. The summed E-state index contributed by atoms with van der Waals surface area (Å²) in [6, 6.07) is 3.95. The van der Waals surface area contributed by atoms with E-state index in [1.54, 1.807) is 23.1 Å². The van der Waals surface area contributed by atoms with Crippen molar-refractivity contribution in [3.63, 3.8) is 0 Å². The minimum Gasteiger partial charge on any atom is -0.379 e. The molecule has 3 amide bonds. The molecule has 8 atom stereocenters. The van der Waals surface area contributed by atoms with Crippen LogP contribution in [-0.4, -0.2) is 65.7 Å². The quantitative estimate of drug-likeness (QED) is 0.316. The molecule has 10 heteroatoms. The van der Waals surface area contributed by atoms with Crippen LogP contribution in [0.25, 0.3) is 0 Å². The topological polar surface area (TPSA) is 97.0 Å². The Hall–Kier alpha value is -2.13. The minimum absolute atomic E-state index is 0.0298. The highest BCUT2D eigenvalue weighted by molar-refractivity contribution is 6.35. The molecule has 2 bridgehead atoms. The van der Waals surface area contributed by atoms with Crippen molar-refractivity contribution in [2.75, 3.05) is 18.5 Å². The normalized spacial score (nSPS) is 34.4. The molecule has 1 aromatic rings. The van der Waals surface area contributed by atoms with Gasteiger partial charge in [0, 0.05) is 34.9 Å². The second kappa shape index (κ2) is 11.6. The summed E-state index contributed by atoms with van der Waals surface area (Å²) >= 11 is 12.3. The number of anilines is 1. The van der Waals surface area contributed by atoms with E-state index < -0.39 is 29.6 Å². The summed E-state index contributed by atoms with van der Waals surface area (Å²) in [6.45, 7) is 9.11. The van der Waals surface area contributed by atoms with Crippen LogP contribution in [0.5, 0.6) is 0 Å². The summed E-state index contributed by atoms with van der Waals surface area (Å²) in [5.74, 6) is -1.61. The zero-order valence-electron chi connectivity index (χ0n) is 23.5. The number of amides is 3. The van der Waals surface area contributed by atoms with E-state index in [1.807, 2.05) is 26.0 Å². The Kier molecular flexibility index (Phi) is 8.54. The van der Waals surface area contributed by atoms with Gasteiger partial charge in [0.15, 0.2) is 0 Å². The molecule has 1 aromatic carbocycles. The number of nitrogens with zero attached hydrogens (tertiary/aromatic N) is 1. The number of fused-ring (bicyclic) bond motifs is 1. The lowest BCUT2D eigenvalue weighted by molar-refractivity contribution is -0.142. The molecule has 0 aromatic heterocycles. The van der Waals surface area contributed by atoms with E-state index in [2.05, 4.69) is 24.5 Å². The van der Waals surface area contributed by atoms with Gasteiger partial charge >= 0.3 is 0 Å². The van der Waals surface area contributed by atoms with Crippen LogP contribution in [0.2, 0.25) is 10.0 Å². The third-order valence-electron chi connectivity index (χ3n) is 9.08. The highest BCUT2D eigenvalue weighted by Crippen LogP contribution is 2.55. The predicted octanol–water partition coefficient (Wildman–Crippen LogP) is 4.84. The second-order valence-electron chi connectivity index (χ2n) is 12.0. The minimum atomic E-state index is -1.21. The van der Waals surface area contributed by atoms with Crippen LogP contribution in [-0.2, 0) is 23.9 Å². The largest absolute Gasteiger partial charge is 0.379 e. The van der Waals surface area contributed by atoms with Crippen LogP contribution >= 0.6 is 23.2 Å². The summed E-state index contributed by atoms with van der Waals surface area (Å²) < 4.78 is 12.1. The molecular formula is C30H39Cl2N3O5. The summed E-state index contributed by atoms with van der Waals surface area (Å²) in [5.41, 5.74) is -0.770. The number of halogens is 2. The van der Waals surface area contributed by atoms with Crippen LogP contribution in [0.15, 0.2) is 30.4 Å². The molecule has 40 heavy (non-hydrogen) atoms. The zero-order valence-corrected chi connectivity index (χ0v) is 25.0. The molecule has 1 saturated carbocycles. The number of ether oxygens (including phenoxy) is 2. The van der Waals surface area contributed by atoms with Crippen molar-refractivity contribution >= 4 is 46.6 Å². The monoisotopic (exact) mass is 591 g/mol. The van der Waals surface area contributed by atoms with Gasteiger partial charge in [0.25, 0.3) is 0 Å². The molecule has 1 aliphatic carbocycles. The summed E-state index contributed by atoms with van der Waals surface area (Å²) in [7, 11) is 0. The van der Waals surface area contributed by atoms with Crippen LogP contribution in [0.1, 0.15) is 53.4 Å². The average Bonchev–Trinajstić information content (AvgIpc) is 3.51. The van der Waals surface area contributed by atoms with Crippen LogP contribution in [0.4, 0.5) is 5.69 Å². The third-order valence-corrected chi connectivity index (χ3v) is 9.52. The molecule has 3 fully saturated rings. The molecule has 218 valence electrons. The van der Waals surface area contributed by atoms with Crippen LogP contribution < -0.4 is 10.6 Å². The van der Waals surface area contributed by atoms with Gasteiger partial charge in [-0.1, -0.05) is 62.0 Å². The van der Waals surface area contributed by atoms with E-state index in [0.717, 1.165) is 19.3 Å². The molecule has 5 rings (SSSR count). The van der Waals surface area contributed by atoms with Gasteiger partial charge in [-0.05, 0) is 56.7 Å². The van der Waals surface area contributed by atoms with Gasteiger partial charge < -0.3 is 25.0 Å². The van der Waals surface area contributed by atoms with E-state index >= 15 is 0 Å². The Morgan fingerprint density at radius 3 is 2.58 bits per heavy atom.